The van der Waals surface area contributed by atoms with Gasteiger partial charge in [-0.2, -0.15) is 0 Å². The van der Waals surface area contributed by atoms with Crippen molar-refractivity contribution in [3.63, 3.8) is 0 Å². The Morgan fingerprint density at radius 3 is 2.57 bits per heavy atom. The van der Waals surface area contributed by atoms with Crippen LogP contribution in [0.1, 0.15) is 0 Å². The van der Waals surface area contributed by atoms with Gasteiger partial charge in [-0.15, -0.1) is 0 Å². The van der Waals surface area contributed by atoms with Crippen LogP contribution >= 0.6 is 0 Å². The van der Waals surface area contributed by atoms with Crippen LogP contribution in [-0.4, -0.2) is 11.8 Å². The molecule has 70 valence electrons. The third-order valence-electron chi connectivity index (χ3n) is 1.99. The van der Waals surface area contributed by atoms with Crippen LogP contribution < -0.4 is 4.74 Å². The van der Waals surface area contributed by atoms with Crippen molar-refractivity contribution in [1.29, 1.82) is 5.41 Å². The summed E-state index contributed by atoms with van der Waals surface area (Å²) in [6.07, 6.45) is 7.10. The van der Waals surface area contributed by atoms with Crippen LogP contribution in [0.25, 0.3) is 0 Å². The number of rotatable bonds is 2. The zero-order valence-corrected chi connectivity index (χ0v) is 7.68. The van der Waals surface area contributed by atoms with Gasteiger partial charge < -0.3 is 10.1 Å². The molecule has 0 heterocycles. The summed E-state index contributed by atoms with van der Waals surface area (Å²) < 4.78 is 5.60. The lowest BCUT2D eigenvalue weighted by molar-refractivity contribution is 0.312. The number of benzene rings is 1. The summed E-state index contributed by atoms with van der Waals surface area (Å²) in [5.74, 6) is 0.794. The van der Waals surface area contributed by atoms with Crippen molar-refractivity contribution in [2.75, 3.05) is 0 Å². The highest BCUT2D eigenvalue weighted by Crippen LogP contribution is 2.13. The lowest BCUT2D eigenvalue weighted by Crippen LogP contribution is -2.24. The molecule has 0 aromatic heterocycles. The summed E-state index contributed by atoms with van der Waals surface area (Å²) >= 11 is 0. The van der Waals surface area contributed by atoms with Crippen LogP contribution in [0, 0.1) is 5.41 Å². The van der Waals surface area contributed by atoms with E-state index in [4.69, 9.17) is 10.1 Å². The van der Waals surface area contributed by atoms with Crippen molar-refractivity contribution in [2.24, 2.45) is 0 Å². The van der Waals surface area contributed by atoms with E-state index in [0.717, 1.165) is 5.75 Å². The minimum Gasteiger partial charge on any atom is -0.480 e. The van der Waals surface area contributed by atoms with E-state index in [0.29, 0.717) is 5.71 Å². The van der Waals surface area contributed by atoms with Gasteiger partial charge in [-0.3, -0.25) is 0 Å². The molecule has 0 spiro atoms. The van der Waals surface area contributed by atoms with Crippen LogP contribution in [0.4, 0.5) is 0 Å². The van der Waals surface area contributed by atoms with Gasteiger partial charge in [0.1, 0.15) is 5.75 Å². The van der Waals surface area contributed by atoms with Gasteiger partial charge in [0.05, 0.1) is 5.71 Å². The molecule has 1 unspecified atom stereocenters. The molecule has 14 heavy (non-hydrogen) atoms. The van der Waals surface area contributed by atoms with E-state index < -0.39 is 0 Å². The fourth-order valence-electron chi connectivity index (χ4n) is 1.27. The molecule has 1 aromatic carbocycles. The van der Waals surface area contributed by atoms with E-state index in [1.807, 2.05) is 48.6 Å². The van der Waals surface area contributed by atoms with Crippen LogP contribution in [-0.2, 0) is 0 Å². The van der Waals surface area contributed by atoms with Crippen LogP contribution in [0.5, 0.6) is 5.75 Å². The molecule has 0 aliphatic heterocycles. The average molecular weight is 185 g/mol. The molecule has 2 heteroatoms. The molecule has 1 aliphatic rings. The first-order valence-corrected chi connectivity index (χ1v) is 4.51. The summed E-state index contributed by atoms with van der Waals surface area (Å²) in [5, 5.41) is 7.63. The Hall–Kier alpha value is -1.83. The predicted molar refractivity (Wildman–Crippen MR) is 56.9 cm³/mol. The van der Waals surface area contributed by atoms with Crippen molar-refractivity contribution >= 4 is 5.71 Å². The normalized spacial score (nSPS) is 19.7. The summed E-state index contributed by atoms with van der Waals surface area (Å²) in [7, 11) is 0. The molecule has 0 saturated heterocycles. The van der Waals surface area contributed by atoms with Gasteiger partial charge in [-0.1, -0.05) is 30.4 Å². The molecule has 0 radical (unpaired) electrons. The highest BCUT2D eigenvalue weighted by atomic mass is 16.5. The first kappa shape index (κ1) is 8.75. The molecule has 2 nitrogen and oxygen atoms in total. The maximum atomic E-state index is 7.63. The van der Waals surface area contributed by atoms with Gasteiger partial charge in [-0.05, 0) is 24.3 Å². The third-order valence-corrected chi connectivity index (χ3v) is 1.99. The summed E-state index contributed by atoms with van der Waals surface area (Å²) in [5.41, 5.74) is 0.483. The molecule has 1 aliphatic carbocycles. The lowest BCUT2D eigenvalue weighted by Gasteiger charge is -2.16. The van der Waals surface area contributed by atoms with E-state index in [1.54, 1.807) is 6.08 Å². The molecule has 0 saturated carbocycles. The Balaban J connectivity index is 2.09. The van der Waals surface area contributed by atoms with E-state index in [9.17, 15) is 0 Å². The second-order valence-electron chi connectivity index (χ2n) is 3.05. The van der Waals surface area contributed by atoms with Crippen molar-refractivity contribution in [1.82, 2.24) is 0 Å². The Labute approximate surface area is 83.0 Å². The molecule has 1 aromatic rings. The molecule has 1 N–H and O–H groups in total. The van der Waals surface area contributed by atoms with Crippen LogP contribution in [0.15, 0.2) is 54.6 Å². The second kappa shape index (κ2) is 3.92. The SMILES string of the molecule is N=C1C=CC=CC1Oc1ccccc1. The highest BCUT2D eigenvalue weighted by Gasteiger charge is 2.12. The minimum absolute atomic E-state index is 0.248. The summed E-state index contributed by atoms with van der Waals surface area (Å²) in [6, 6.07) is 9.55. The number of hydrogen-bond acceptors (Lipinski definition) is 2. The fraction of sp³-hybridized carbons (Fsp3) is 0.0833. The van der Waals surface area contributed by atoms with Crippen LogP contribution in [0.2, 0.25) is 0 Å². The number of nitrogens with one attached hydrogen (secondary N) is 1. The fourth-order valence-corrected chi connectivity index (χ4v) is 1.27. The molecule has 0 amide bonds. The smallest absolute Gasteiger partial charge is 0.158 e. The van der Waals surface area contributed by atoms with Gasteiger partial charge in [0.15, 0.2) is 6.10 Å². The Kier molecular flexibility index (Phi) is 2.45. The number of para-hydroxylation sites is 1. The highest BCUT2D eigenvalue weighted by molar-refractivity contribution is 5.98. The second-order valence-corrected chi connectivity index (χ2v) is 3.05. The van der Waals surface area contributed by atoms with Gasteiger partial charge in [0, 0.05) is 0 Å². The zero-order chi connectivity index (χ0) is 9.80. The van der Waals surface area contributed by atoms with Gasteiger partial charge in [0.2, 0.25) is 0 Å². The molecule has 0 bridgehead atoms. The lowest BCUT2D eigenvalue weighted by atomic mass is 10.1. The van der Waals surface area contributed by atoms with Crippen molar-refractivity contribution in [2.45, 2.75) is 6.10 Å². The van der Waals surface area contributed by atoms with Crippen molar-refractivity contribution in [3.05, 3.63) is 54.6 Å². The summed E-state index contributed by atoms with van der Waals surface area (Å²) in [6.45, 7) is 0. The van der Waals surface area contributed by atoms with Crippen molar-refractivity contribution < 1.29 is 4.74 Å². The van der Waals surface area contributed by atoms with E-state index in [-0.39, 0.29) is 6.10 Å². The van der Waals surface area contributed by atoms with E-state index >= 15 is 0 Å². The average Bonchev–Trinajstić information content (AvgIpc) is 2.23. The minimum atomic E-state index is -0.248. The Morgan fingerprint density at radius 1 is 1.07 bits per heavy atom. The zero-order valence-electron chi connectivity index (χ0n) is 7.68. The molecular formula is C12H11NO. The van der Waals surface area contributed by atoms with Crippen molar-refractivity contribution in [3.8, 4) is 5.75 Å². The Morgan fingerprint density at radius 2 is 1.86 bits per heavy atom. The number of allylic oxidation sites excluding steroid dienone is 2. The maximum Gasteiger partial charge on any atom is 0.158 e. The Bertz CT molecular complexity index is 379. The van der Waals surface area contributed by atoms with E-state index in [1.165, 1.54) is 0 Å². The number of ether oxygens (including phenoxy) is 1. The quantitative estimate of drug-likeness (QED) is 0.754. The topological polar surface area (TPSA) is 33.1 Å². The molecule has 1 atom stereocenters. The molecule has 2 rings (SSSR count). The van der Waals surface area contributed by atoms with Gasteiger partial charge >= 0.3 is 0 Å². The predicted octanol–water partition coefficient (Wildman–Crippen LogP) is 2.58. The third kappa shape index (κ3) is 1.91. The summed E-state index contributed by atoms with van der Waals surface area (Å²) in [4.78, 5) is 0. The molecular weight excluding hydrogens is 174 g/mol. The number of hydrogen-bond donors (Lipinski definition) is 1. The van der Waals surface area contributed by atoms with Gasteiger partial charge in [0.25, 0.3) is 0 Å². The maximum absolute atomic E-state index is 7.63. The monoisotopic (exact) mass is 185 g/mol. The van der Waals surface area contributed by atoms with Crippen LogP contribution in [0.3, 0.4) is 0 Å². The standard InChI is InChI=1S/C12H11NO/c13-11-8-4-5-9-12(11)14-10-6-2-1-3-7-10/h1-9,12-13H. The molecule has 0 fully saturated rings. The largest absolute Gasteiger partial charge is 0.480 e. The van der Waals surface area contributed by atoms with E-state index in [2.05, 4.69) is 0 Å². The first-order chi connectivity index (χ1) is 6.86. The first-order valence-electron chi connectivity index (χ1n) is 4.51. The van der Waals surface area contributed by atoms with Gasteiger partial charge in [-0.25, -0.2) is 0 Å².